The number of hydrogen-bond acceptors (Lipinski definition) is 5. The summed E-state index contributed by atoms with van der Waals surface area (Å²) in [6, 6.07) is 22.2. The van der Waals surface area contributed by atoms with E-state index in [-0.39, 0.29) is 11.5 Å². The lowest BCUT2D eigenvalue weighted by molar-refractivity contribution is -0.384. The maximum atomic E-state index is 13.5. The van der Waals surface area contributed by atoms with E-state index < -0.39 is 4.92 Å². The molecule has 29 heavy (non-hydrogen) atoms. The molecule has 0 amide bonds. The Balaban J connectivity index is 1.71. The SMILES string of the molecule is O=[N+]([O-])c1ccc(-c2nnc(SCc3cccc(F)c3)n2-c2ccccc2)cc1. The average Bonchev–Trinajstić information content (AvgIpc) is 3.17. The molecule has 4 aromatic rings. The van der Waals surface area contributed by atoms with Crippen LogP contribution in [-0.2, 0) is 5.75 Å². The van der Waals surface area contributed by atoms with Crippen LogP contribution in [0.25, 0.3) is 17.1 Å². The number of nitro benzene ring substituents is 1. The molecule has 0 radical (unpaired) electrons. The number of nitro groups is 1. The highest BCUT2D eigenvalue weighted by Gasteiger charge is 2.17. The lowest BCUT2D eigenvalue weighted by Crippen LogP contribution is -2.00. The molecule has 0 saturated carbocycles. The molecule has 4 rings (SSSR count). The lowest BCUT2D eigenvalue weighted by Gasteiger charge is -2.10. The summed E-state index contributed by atoms with van der Waals surface area (Å²) in [5.41, 5.74) is 2.44. The van der Waals surface area contributed by atoms with Gasteiger partial charge in [-0.05, 0) is 42.0 Å². The fourth-order valence-corrected chi connectivity index (χ4v) is 3.76. The third-order valence-corrected chi connectivity index (χ3v) is 5.24. The Hall–Kier alpha value is -3.52. The summed E-state index contributed by atoms with van der Waals surface area (Å²) in [6.45, 7) is 0. The van der Waals surface area contributed by atoms with Gasteiger partial charge < -0.3 is 0 Å². The number of aromatic nitrogens is 3. The van der Waals surface area contributed by atoms with E-state index in [1.165, 1.54) is 36.0 Å². The molecule has 0 aliphatic heterocycles. The summed E-state index contributed by atoms with van der Waals surface area (Å²) in [7, 11) is 0. The van der Waals surface area contributed by atoms with Crippen LogP contribution in [0, 0.1) is 15.9 Å². The van der Waals surface area contributed by atoms with Gasteiger partial charge in [-0.1, -0.05) is 42.1 Å². The zero-order valence-corrected chi connectivity index (χ0v) is 15.9. The minimum Gasteiger partial charge on any atom is -0.270 e. The van der Waals surface area contributed by atoms with Crippen molar-refractivity contribution in [2.45, 2.75) is 10.9 Å². The summed E-state index contributed by atoms with van der Waals surface area (Å²) >= 11 is 1.44. The predicted octanol–water partition coefficient (Wildman–Crippen LogP) is 5.27. The molecule has 0 saturated heterocycles. The molecule has 1 heterocycles. The third-order valence-electron chi connectivity index (χ3n) is 4.24. The highest BCUT2D eigenvalue weighted by molar-refractivity contribution is 7.98. The monoisotopic (exact) mass is 406 g/mol. The molecule has 0 unspecified atom stereocenters. The van der Waals surface area contributed by atoms with Gasteiger partial charge >= 0.3 is 0 Å². The van der Waals surface area contributed by atoms with Crippen molar-refractivity contribution in [2.24, 2.45) is 0 Å². The number of thioether (sulfide) groups is 1. The molecule has 8 heteroatoms. The molecule has 6 nitrogen and oxygen atoms in total. The Kier molecular flexibility index (Phi) is 5.35. The molecular formula is C21H15FN4O2S. The molecule has 0 atom stereocenters. The van der Waals surface area contributed by atoms with E-state index in [1.54, 1.807) is 18.2 Å². The average molecular weight is 406 g/mol. The number of nitrogens with zero attached hydrogens (tertiary/aromatic N) is 4. The molecule has 0 fully saturated rings. The van der Waals surface area contributed by atoms with Crippen molar-refractivity contribution in [1.29, 1.82) is 0 Å². The molecular weight excluding hydrogens is 391 g/mol. The minimum absolute atomic E-state index is 0.0141. The van der Waals surface area contributed by atoms with E-state index in [2.05, 4.69) is 10.2 Å². The van der Waals surface area contributed by atoms with Crippen LogP contribution in [0.3, 0.4) is 0 Å². The van der Waals surface area contributed by atoms with Crippen LogP contribution < -0.4 is 0 Å². The Morgan fingerprint density at radius 3 is 2.41 bits per heavy atom. The summed E-state index contributed by atoms with van der Waals surface area (Å²) in [4.78, 5) is 10.5. The first kappa shape index (κ1) is 18.8. The normalized spacial score (nSPS) is 10.8. The van der Waals surface area contributed by atoms with Crippen LogP contribution in [0.15, 0.2) is 84.0 Å². The Morgan fingerprint density at radius 2 is 1.72 bits per heavy atom. The van der Waals surface area contributed by atoms with Crippen LogP contribution in [0.1, 0.15) is 5.56 Å². The van der Waals surface area contributed by atoms with E-state index in [4.69, 9.17) is 0 Å². The van der Waals surface area contributed by atoms with E-state index >= 15 is 0 Å². The highest BCUT2D eigenvalue weighted by atomic mass is 32.2. The van der Waals surface area contributed by atoms with Gasteiger partial charge in [0, 0.05) is 29.1 Å². The first-order chi connectivity index (χ1) is 14.1. The topological polar surface area (TPSA) is 73.8 Å². The van der Waals surface area contributed by atoms with Gasteiger partial charge in [-0.15, -0.1) is 10.2 Å². The predicted molar refractivity (Wildman–Crippen MR) is 109 cm³/mol. The summed E-state index contributed by atoms with van der Waals surface area (Å²) in [6.07, 6.45) is 0. The number of hydrogen-bond donors (Lipinski definition) is 0. The smallest absolute Gasteiger partial charge is 0.269 e. The summed E-state index contributed by atoms with van der Waals surface area (Å²) in [5, 5.41) is 20.2. The quantitative estimate of drug-likeness (QED) is 0.248. The van der Waals surface area contributed by atoms with Crippen LogP contribution in [0.5, 0.6) is 0 Å². The second-order valence-corrected chi connectivity index (χ2v) is 7.14. The van der Waals surface area contributed by atoms with Crippen molar-refractivity contribution in [1.82, 2.24) is 14.8 Å². The number of non-ortho nitro benzene ring substituents is 1. The molecule has 0 bridgehead atoms. The zero-order valence-electron chi connectivity index (χ0n) is 15.1. The maximum Gasteiger partial charge on any atom is 0.269 e. The van der Waals surface area contributed by atoms with Gasteiger partial charge in [0.2, 0.25) is 0 Å². The standard InChI is InChI=1S/C21H15FN4O2S/c22-17-6-4-5-15(13-17)14-29-21-24-23-20(25(21)18-7-2-1-3-8-18)16-9-11-19(12-10-16)26(27)28/h1-13H,14H2. The van der Waals surface area contributed by atoms with Crippen molar-refractivity contribution in [3.8, 4) is 17.1 Å². The number of rotatable bonds is 6. The Labute approximate surface area is 170 Å². The van der Waals surface area contributed by atoms with Crippen molar-refractivity contribution in [3.63, 3.8) is 0 Å². The molecule has 0 aliphatic carbocycles. The van der Waals surface area contributed by atoms with Gasteiger partial charge in [-0.3, -0.25) is 14.7 Å². The molecule has 0 spiro atoms. The minimum atomic E-state index is -0.439. The van der Waals surface area contributed by atoms with E-state index in [1.807, 2.05) is 41.0 Å². The van der Waals surface area contributed by atoms with Crippen LogP contribution in [0.4, 0.5) is 10.1 Å². The molecule has 0 N–H and O–H groups in total. The molecule has 0 aliphatic rings. The first-order valence-electron chi connectivity index (χ1n) is 8.75. The van der Waals surface area contributed by atoms with Gasteiger partial charge in [0.05, 0.1) is 4.92 Å². The maximum absolute atomic E-state index is 13.5. The van der Waals surface area contributed by atoms with Gasteiger partial charge in [0.1, 0.15) is 5.82 Å². The van der Waals surface area contributed by atoms with Gasteiger partial charge in [0.15, 0.2) is 11.0 Å². The zero-order chi connectivity index (χ0) is 20.2. The Morgan fingerprint density at radius 1 is 0.966 bits per heavy atom. The van der Waals surface area contributed by atoms with Gasteiger partial charge in [0.25, 0.3) is 5.69 Å². The lowest BCUT2D eigenvalue weighted by atomic mass is 10.2. The fourth-order valence-electron chi connectivity index (χ4n) is 2.87. The number of benzene rings is 3. The van der Waals surface area contributed by atoms with Crippen LogP contribution in [0.2, 0.25) is 0 Å². The highest BCUT2D eigenvalue weighted by Crippen LogP contribution is 2.30. The third kappa shape index (κ3) is 4.17. The van der Waals surface area contributed by atoms with Crippen molar-refractivity contribution in [2.75, 3.05) is 0 Å². The van der Waals surface area contributed by atoms with Crippen molar-refractivity contribution < 1.29 is 9.31 Å². The first-order valence-corrected chi connectivity index (χ1v) is 9.73. The van der Waals surface area contributed by atoms with Crippen molar-refractivity contribution in [3.05, 3.63) is 100 Å². The van der Waals surface area contributed by atoms with E-state index in [0.717, 1.165) is 11.3 Å². The Bertz CT molecular complexity index is 1150. The fraction of sp³-hybridized carbons (Fsp3) is 0.0476. The summed E-state index contributed by atoms with van der Waals surface area (Å²) < 4.78 is 15.4. The molecule has 1 aromatic heterocycles. The van der Waals surface area contributed by atoms with Crippen LogP contribution >= 0.6 is 11.8 Å². The van der Waals surface area contributed by atoms with E-state index in [9.17, 15) is 14.5 Å². The van der Waals surface area contributed by atoms with Gasteiger partial charge in [-0.2, -0.15) is 0 Å². The van der Waals surface area contributed by atoms with Crippen molar-refractivity contribution >= 4 is 17.4 Å². The van der Waals surface area contributed by atoms with E-state index in [0.29, 0.717) is 22.3 Å². The number of halogens is 1. The largest absolute Gasteiger partial charge is 0.270 e. The second kappa shape index (κ2) is 8.24. The summed E-state index contributed by atoms with van der Waals surface area (Å²) in [5.74, 6) is 0.829. The second-order valence-electron chi connectivity index (χ2n) is 6.20. The number of para-hydroxylation sites is 1. The van der Waals surface area contributed by atoms with Crippen LogP contribution in [-0.4, -0.2) is 19.7 Å². The van der Waals surface area contributed by atoms with Gasteiger partial charge in [-0.25, -0.2) is 4.39 Å². The molecule has 3 aromatic carbocycles. The molecule has 144 valence electrons.